The molecule has 0 radical (unpaired) electrons. The molecule has 2 saturated carbocycles. The highest BCUT2D eigenvalue weighted by atomic mass is 16.5. The fraction of sp³-hybridized carbons (Fsp3) is 0.652. The molecule has 0 aliphatic heterocycles. The number of carboxylic acids is 1. The Kier molecular flexibility index (Phi) is 7.72. The van der Waals surface area contributed by atoms with E-state index in [9.17, 15) is 14.7 Å². The van der Waals surface area contributed by atoms with Crippen LogP contribution in [0, 0.1) is 11.8 Å². The van der Waals surface area contributed by atoms with Crippen LogP contribution < -0.4 is 10.5 Å². The summed E-state index contributed by atoms with van der Waals surface area (Å²) in [6.07, 6.45) is 7.20. The number of carbonyl (C=O) groups is 2. The summed E-state index contributed by atoms with van der Waals surface area (Å²) in [7, 11) is 3.44. The van der Waals surface area contributed by atoms with Gasteiger partial charge in [-0.05, 0) is 80.5 Å². The number of carboxylic acid groups (broad SMARTS) is 1. The molecule has 2 aliphatic carbocycles. The van der Waals surface area contributed by atoms with Crippen LogP contribution in [-0.4, -0.2) is 54.7 Å². The number of aromatic carboxylic acids is 1. The fourth-order valence-electron chi connectivity index (χ4n) is 4.47. The molecule has 1 amide bonds. The first kappa shape index (κ1) is 22.6. The van der Waals surface area contributed by atoms with E-state index in [2.05, 4.69) is 0 Å². The number of nitrogens with two attached hydrogens (primary N) is 1. The van der Waals surface area contributed by atoms with Crippen molar-refractivity contribution in [2.75, 3.05) is 20.8 Å². The van der Waals surface area contributed by atoms with E-state index in [1.54, 1.807) is 25.3 Å². The van der Waals surface area contributed by atoms with Crippen molar-refractivity contribution < 1.29 is 24.2 Å². The van der Waals surface area contributed by atoms with Crippen LogP contribution in [0.5, 0.6) is 5.75 Å². The van der Waals surface area contributed by atoms with Crippen molar-refractivity contribution in [1.29, 1.82) is 0 Å². The first-order valence-electron chi connectivity index (χ1n) is 10.9. The maximum absolute atomic E-state index is 12.6. The molecule has 30 heavy (non-hydrogen) atoms. The predicted octanol–water partition coefficient (Wildman–Crippen LogP) is 3.05. The van der Waals surface area contributed by atoms with Gasteiger partial charge in [0, 0.05) is 19.7 Å². The van der Waals surface area contributed by atoms with Gasteiger partial charge in [-0.25, -0.2) is 4.79 Å². The number of benzene rings is 1. The largest absolute Gasteiger partial charge is 0.497 e. The van der Waals surface area contributed by atoms with Crippen molar-refractivity contribution in [1.82, 2.24) is 4.90 Å². The van der Waals surface area contributed by atoms with Crippen molar-refractivity contribution in [2.45, 2.75) is 63.6 Å². The van der Waals surface area contributed by atoms with Crippen molar-refractivity contribution >= 4 is 11.9 Å². The molecule has 1 atom stereocenters. The quantitative estimate of drug-likeness (QED) is 0.639. The number of nitrogens with zero attached hydrogens (tertiary/aromatic N) is 1. The van der Waals surface area contributed by atoms with E-state index in [-0.39, 0.29) is 24.0 Å². The number of likely N-dealkylation sites (N-methyl/N-ethyl adjacent to an activating group) is 1. The Morgan fingerprint density at radius 3 is 2.47 bits per heavy atom. The summed E-state index contributed by atoms with van der Waals surface area (Å²) in [6.45, 7) is 0.817. The van der Waals surface area contributed by atoms with Gasteiger partial charge in [0.05, 0.1) is 25.3 Å². The zero-order chi connectivity index (χ0) is 21.7. The monoisotopic (exact) mass is 418 g/mol. The van der Waals surface area contributed by atoms with Crippen LogP contribution in [0.15, 0.2) is 18.2 Å². The third-order valence-electron chi connectivity index (χ3n) is 6.81. The number of ether oxygens (including phenoxy) is 2. The second-order valence-electron chi connectivity index (χ2n) is 8.68. The average Bonchev–Trinajstić information content (AvgIpc) is 2.71. The lowest BCUT2D eigenvalue weighted by atomic mass is 9.78. The molecule has 3 N–H and O–H groups in total. The van der Waals surface area contributed by atoms with Gasteiger partial charge in [-0.1, -0.05) is 0 Å². The summed E-state index contributed by atoms with van der Waals surface area (Å²) in [5, 5.41) is 9.36. The number of hydrogen-bond donors (Lipinski definition) is 2. The van der Waals surface area contributed by atoms with Crippen molar-refractivity contribution in [3.8, 4) is 5.75 Å². The van der Waals surface area contributed by atoms with Crippen LogP contribution in [0.25, 0.3) is 0 Å². The van der Waals surface area contributed by atoms with Gasteiger partial charge >= 0.3 is 5.97 Å². The molecule has 2 fully saturated rings. The Bertz CT molecular complexity index is 741. The molecule has 166 valence electrons. The number of hydrogen-bond acceptors (Lipinski definition) is 5. The number of rotatable bonds is 9. The highest BCUT2D eigenvalue weighted by molar-refractivity contribution is 5.89. The summed E-state index contributed by atoms with van der Waals surface area (Å²) in [5.41, 5.74) is 7.16. The minimum absolute atomic E-state index is 0.0821. The second kappa shape index (κ2) is 10.3. The minimum Gasteiger partial charge on any atom is -0.497 e. The molecule has 1 aromatic rings. The first-order valence-corrected chi connectivity index (χ1v) is 10.9. The molecule has 2 aliphatic rings. The van der Waals surface area contributed by atoms with Crippen LogP contribution in [0.2, 0.25) is 0 Å². The van der Waals surface area contributed by atoms with E-state index in [1.807, 2.05) is 11.9 Å². The molecule has 3 rings (SSSR count). The molecular weight excluding hydrogens is 384 g/mol. The summed E-state index contributed by atoms with van der Waals surface area (Å²) in [6, 6.07) is 4.86. The first-order chi connectivity index (χ1) is 14.4. The number of carbonyl (C=O) groups excluding carboxylic acids is 1. The normalized spacial score (nSPS) is 22.8. The lowest BCUT2D eigenvalue weighted by molar-refractivity contribution is -0.136. The smallest absolute Gasteiger partial charge is 0.336 e. The van der Waals surface area contributed by atoms with Gasteiger partial charge in [0.1, 0.15) is 5.75 Å². The SMILES string of the molecule is COc1ccc(C(=O)O)c(COC[C@H]2CC[C@H]([C@H](N)C(=O)N(C)C3CCC3)CC2)c1. The van der Waals surface area contributed by atoms with E-state index in [1.165, 1.54) is 6.42 Å². The van der Waals surface area contributed by atoms with Crippen LogP contribution in [0.4, 0.5) is 0 Å². The predicted molar refractivity (Wildman–Crippen MR) is 113 cm³/mol. The van der Waals surface area contributed by atoms with E-state index < -0.39 is 12.0 Å². The molecule has 0 unspecified atom stereocenters. The molecule has 0 saturated heterocycles. The van der Waals surface area contributed by atoms with Gasteiger partial charge in [0.15, 0.2) is 0 Å². The van der Waals surface area contributed by atoms with Crippen molar-refractivity contribution in [3.05, 3.63) is 29.3 Å². The lowest BCUT2D eigenvalue weighted by Crippen LogP contribution is -2.52. The van der Waals surface area contributed by atoms with Gasteiger partial charge in [0.2, 0.25) is 5.91 Å². The molecule has 0 spiro atoms. The van der Waals surface area contributed by atoms with Crippen molar-refractivity contribution in [2.24, 2.45) is 17.6 Å². The third-order valence-corrected chi connectivity index (χ3v) is 6.81. The zero-order valence-corrected chi connectivity index (χ0v) is 18.0. The fourth-order valence-corrected chi connectivity index (χ4v) is 4.47. The molecule has 0 bridgehead atoms. The van der Waals surface area contributed by atoms with Crippen molar-refractivity contribution in [3.63, 3.8) is 0 Å². The zero-order valence-electron chi connectivity index (χ0n) is 18.0. The van der Waals surface area contributed by atoms with Gasteiger partial charge < -0.3 is 25.2 Å². The van der Waals surface area contributed by atoms with E-state index in [0.717, 1.165) is 38.5 Å². The molecule has 0 aromatic heterocycles. The number of amides is 1. The maximum atomic E-state index is 12.6. The molecule has 7 nitrogen and oxygen atoms in total. The standard InChI is InChI=1S/C23H34N2O5/c1-25(18-4-3-5-18)22(26)21(24)16-8-6-15(7-9-16)13-30-14-17-12-19(29-2)10-11-20(17)23(27)28/h10-12,15-16,18,21H,3-9,13-14,24H2,1-2H3,(H,27,28)/t15-,16-,21-/m0/s1. The molecular formula is C23H34N2O5. The van der Waals surface area contributed by atoms with Crippen LogP contribution in [-0.2, 0) is 16.1 Å². The summed E-state index contributed by atoms with van der Waals surface area (Å²) >= 11 is 0. The molecule has 1 aromatic carbocycles. The van der Waals surface area contributed by atoms with Crippen LogP contribution in [0.3, 0.4) is 0 Å². The Morgan fingerprint density at radius 1 is 1.20 bits per heavy atom. The maximum Gasteiger partial charge on any atom is 0.336 e. The lowest BCUT2D eigenvalue weighted by Gasteiger charge is -2.38. The molecule has 0 heterocycles. The minimum atomic E-state index is -0.970. The Labute approximate surface area is 178 Å². The summed E-state index contributed by atoms with van der Waals surface area (Å²) in [5.74, 6) is 0.366. The van der Waals surface area contributed by atoms with Gasteiger partial charge in [-0.3, -0.25) is 4.79 Å². The topological polar surface area (TPSA) is 102 Å². The highest BCUT2D eigenvalue weighted by Crippen LogP contribution is 2.32. The number of methoxy groups -OCH3 is 1. The van der Waals surface area contributed by atoms with E-state index in [4.69, 9.17) is 15.2 Å². The average molecular weight is 419 g/mol. The summed E-state index contributed by atoms with van der Waals surface area (Å²) < 4.78 is 11.0. The van der Waals surface area contributed by atoms with Gasteiger partial charge in [0.25, 0.3) is 0 Å². The Hall–Kier alpha value is -2.12. The molecule has 7 heteroatoms. The van der Waals surface area contributed by atoms with E-state index >= 15 is 0 Å². The second-order valence-corrected chi connectivity index (χ2v) is 8.68. The van der Waals surface area contributed by atoms with E-state index in [0.29, 0.717) is 29.9 Å². The van der Waals surface area contributed by atoms with Crippen LogP contribution in [0.1, 0.15) is 60.9 Å². The Balaban J connectivity index is 1.44. The summed E-state index contributed by atoms with van der Waals surface area (Å²) in [4.78, 5) is 25.9. The van der Waals surface area contributed by atoms with Gasteiger partial charge in [-0.15, -0.1) is 0 Å². The third kappa shape index (κ3) is 5.32. The Morgan fingerprint density at radius 2 is 1.90 bits per heavy atom. The van der Waals surface area contributed by atoms with Gasteiger partial charge in [-0.2, -0.15) is 0 Å². The van der Waals surface area contributed by atoms with Crippen LogP contribution >= 0.6 is 0 Å². The highest BCUT2D eigenvalue weighted by Gasteiger charge is 2.34.